The molecule has 65 heavy (non-hydrogen) atoms. The summed E-state index contributed by atoms with van der Waals surface area (Å²) in [6, 6.07) is 9.20. The van der Waals surface area contributed by atoms with Gasteiger partial charge < -0.3 is 59.4 Å². The van der Waals surface area contributed by atoms with E-state index in [9.17, 15) is 38.4 Å². The summed E-state index contributed by atoms with van der Waals surface area (Å²) in [5.74, 6) is -5.12. The highest BCUT2D eigenvalue weighted by Gasteiger charge is 2.31. The van der Waals surface area contributed by atoms with E-state index in [4.69, 9.17) is 17.2 Å². The molecule has 9 amide bonds. The fourth-order valence-corrected chi connectivity index (χ4v) is 6.69. The second-order valence-electron chi connectivity index (χ2n) is 16.1. The number of H-pyrrole nitrogens is 1. The predicted molar refractivity (Wildman–Crippen MR) is 244 cm³/mol. The number of carbonyl (C=O) groups excluding carboxylic acids is 8. The van der Waals surface area contributed by atoms with Crippen LogP contribution in [0.4, 0.5) is 4.79 Å². The number of para-hydroxylation sites is 1. The molecule has 22 heteroatoms. The normalized spacial score (nSPS) is 13.7. The van der Waals surface area contributed by atoms with Gasteiger partial charge in [-0.15, -0.1) is 0 Å². The van der Waals surface area contributed by atoms with Crippen LogP contribution in [0.2, 0.25) is 0 Å². The van der Waals surface area contributed by atoms with Crippen LogP contribution < -0.4 is 65.3 Å². The number of rotatable bonds is 25. The Morgan fingerprint density at radius 1 is 0.677 bits per heavy atom. The Labute approximate surface area is 377 Å². The van der Waals surface area contributed by atoms with Crippen molar-refractivity contribution in [2.24, 2.45) is 28.1 Å². The van der Waals surface area contributed by atoms with E-state index in [0.29, 0.717) is 18.5 Å². The lowest BCUT2D eigenvalue weighted by Gasteiger charge is -2.26. The topological polar surface area (TPSA) is 351 Å². The Hall–Kier alpha value is -7.23. The van der Waals surface area contributed by atoms with Crippen LogP contribution in [-0.4, -0.2) is 115 Å². The fraction of sp³-hybridized carbons (Fsp3) is 0.465. The molecule has 1 heterocycles. The molecule has 0 aliphatic rings. The maximum atomic E-state index is 13.9. The van der Waals surface area contributed by atoms with Crippen molar-refractivity contribution in [2.75, 3.05) is 20.1 Å². The van der Waals surface area contributed by atoms with Gasteiger partial charge in [0.05, 0.1) is 19.0 Å². The zero-order valence-corrected chi connectivity index (χ0v) is 37.4. The Kier molecular flexibility index (Phi) is 21.2. The number of hydrazine groups is 1. The third kappa shape index (κ3) is 18.6. The largest absolute Gasteiger partial charge is 0.370 e. The molecule has 2 aromatic carbocycles. The van der Waals surface area contributed by atoms with Crippen molar-refractivity contribution in [2.45, 2.75) is 102 Å². The number of primary amides is 2. The van der Waals surface area contributed by atoms with Gasteiger partial charge in [-0.2, -0.15) is 0 Å². The minimum Gasteiger partial charge on any atom is -0.370 e. The number of guanidine groups is 1. The number of amides is 9. The number of hydrogen-bond donors (Lipinski definition) is 13. The summed E-state index contributed by atoms with van der Waals surface area (Å²) in [7, 11) is 1.50. The van der Waals surface area contributed by atoms with E-state index in [1.165, 1.54) is 7.05 Å². The number of urea groups is 1. The minimum atomic E-state index is -1.25. The van der Waals surface area contributed by atoms with Crippen LogP contribution in [0.5, 0.6) is 0 Å². The summed E-state index contributed by atoms with van der Waals surface area (Å²) in [6.45, 7) is 6.92. The second-order valence-corrected chi connectivity index (χ2v) is 16.1. The average molecular weight is 905 g/mol. The second kappa shape index (κ2) is 26.4. The monoisotopic (exact) mass is 905 g/mol. The highest BCUT2D eigenvalue weighted by Crippen LogP contribution is 2.19. The Morgan fingerprint density at radius 3 is 1.98 bits per heavy atom. The van der Waals surface area contributed by atoms with Gasteiger partial charge in [0.15, 0.2) is 5.96 Å². The number of benzene rings is 2. The molecule has 0 saturated carbocycles. The smallest absolute Gasteiger partial charge is 0.334 e. The predicted octanol–water partition coefficient (Wildman–Crippen LogP) is -1.69. The number of carbonyl (C=O) groups is 8. The highest BCUT2D eigenvalue weighted by molar-refractivity contribution is 5.96. The molecule has 1 aromatic heterocycles. The molecule has 354 valence electrons. The first-order valence-corrected chi connectivity index (χ1v) is 21.3. The fourth-order valence-electron chi connectivity index (χ4n) is 6.69. The molecular weight excluding hydrogens is 841 g/mol. The van der Waals surface area contributed by atoms with Crippen LogP contribution in [0.1, 0.15) is 64.5 Å². The first-order valence-electron chi connectivity index (χ1n) is 21.3. The Balaban J connectivity index is 1.71. The van der Waals surface area contributed by atoms with Gasteiger partial charge in [-0.25, -0.2) is 10.2 Å². The van der Waals surface area contributed by atoms with E-state index < -0.39 is 84.1 Å². The van der Waals surface area contributed by atoms with Crippen molar-refractivity contribution in [1.29, 1.82) is 0 Å². The molecule has 0 spiro atoms. The summed E-state index contributed by atoms with van der Waals surface area (Å²) >= 11 is 0. The first kappa shape index (κ1) is 52.1. The van der Waals surface area contributed by atoms with Crippen molar-refractivity contribution in [3.05, 3.63) is 71.9 Å². The lowest BCUT2D eigenvalue weighted by atomic mass is 10.0. The van der Waals surface area contributed by atoms with Gasteiger partial charge in [-0.1, -0.05) is 76.2 Å². The summed E-state index contributed by atoms with van der Waals surface area (Å²) in [4.78, 5) is 111. The molecule has 0 saturated heterocycles. The third-order valence-electron chi connectivity index (χ3n) is 9.85. The van der Waals surface area contributed by atoms with E-state index >= 15 is 0 Å². The quantitative estimate of drug-likeness (QED) is 0.0197. The average Bonchev–Trinajstić information content (AvgIpc) is 3.66. The summed E-state index contributed by atoms with van der Waals surface area (Å²) in [5.41, 5.74) is 23.5. The molecule has 16 N–H and O–H groups in total. The zero-order valence-electron chi connectivity index (χ0n) is 37.4. The maximum absolute atomic E-state index is 13.9. The number of nitrogens with one attached hydrogen (secondary N) is 10. The number of nitrogens with two attached hydrogens (primary N) is 3. The van der Waals surface area contributed by atoms with Crippen LogP contribution in [-0.2, 0) is 46.4 Å². The van der Waals surface area contributed by atoms with Crippen molar-refractivity contribution in [1.82, 2.24) is 53.1 Å². The van der Waals surface area contributed by atoms with Crippen LogP contribution >= 0.6 is 0 Å². The zero-order chi connectivity index (χ0) is 48.1. The highest BCUT2D eigenvalue weighted by atomic mass is 16.2. The van der Waals surface area contributed by atoms with Crippen molar-refractivity contribution in [3.8, 4) is 0 Å². The van der Waals surface area contributed by atoms with E-state index in [1.807, 2.05) is 38.1 Å². The van der Waals surface area contributed by atoms with Gasteiger partial charge in [0.2, 0.25) is 35.4 Å². The molecule has 22 nitrogen and oxygen atoms in total. The molecule has 5 atom stereocenters. The third-order valence-corrected chi connectivity index (χ3v) is 9.85. The molecule has 3 aromatic rings. The minimum absolute atomic E-state index is 0.0115. The molecule has 0 aliphatic carbocycles. The molecule has 3 rings (SSSR count). The van der Waals surface area contributed by atoms with E-state index in [-0.39, 0.29) is 50.0 Å². The summed E-state index contributed by atoms with van der Waals surface area (Å²) in [6.07, 6.45) is 2.00. The van der Waals surface area contributed by atoms with Gasteiger partial charge in [-0.05, 0) is 42.4 Å². The SMILES string of the molecule is CN=C(N)NCCC[C@H](NC(=O)[C@H](CC(C)C)NC(=O)NNC(=O)[C@H](Cc1ccccc1)NC(=O)CNC(=O)[C@@H](CC(N)=O)NC(C)C)C(=O)N[C@@H](Cc1c[nH]c2ccccc12)C(N)=O. The number of aliphatic imine (C=N–C) groups is 1. The van der Waals surface area contributed by atoms with E-state index in [2.05, 4.69) is 58.0 Å². The standard InChI is InChI=1S/C43H64N14O8/c1-24(2)18-32(40(63)53-30(16-11-17-48-42(46)47-5)39(62)54-31(37(45)60)20-27-22-49-29-15-10-9-14-28(27)29)55-43(65)57-56-41(64)33(19-26-12-7-6-8-13-26)52-36(59)23-50-38(61)34(21-35(44)58)51-25(3)4/h6-10,12-15,22,24-25,30-34,49,51H,11,16-21,23H2,1-5H3,(H2,44,58)(H2,45,60)(H,50,61)(H,52,59)(H,53,63)(H,54,62)(H,56,64)(H3,46,47,48)(H2,55,57,65)/t30-,31-,32-,33-,34+/m0/s1. The van der Waals surface area contributed by atoms with Gasteiger partial charge in [-0.3, -0.25) is 44.0 Å². The summed E-state index contributed by atoms with van der Waals surface area (Å²) in [5, 5.41) is 19.6. The molecule has 0 radical (unpaired) electrons. The van der Waals surface area contributed by atoms with Crippen molar-refractivity contribution >= 4 is 64.2 Å². The van der Waals surface area contributed by atoms with Crippen molar-refractivity contribution in [3.63, 3.8) is 0 Å². The lowest BCUT2D eigenvalue weighted by molar-refractivity contribution is -0.132. The number of nitrogens with zero attached hydrogens (tertiary/aromatic N) is 1. The van der Waals surface area contributed by atoms with Gasteiger partial charge in [0, 0.05) is 49.6 Å². The molecule has 0 unspecified atom stereocenters. The summed E-state index contributed by atoms with van der Waals surface area (Å²) < 4.78 is 0. The number of aromatic amines is 1. The number of aromatic nitrogens is 1. The van der Waals surface area contributed by atoms with Crippen molar-refractivity contribution < 1.29 is 38.4 Å². The number of fused-ring (bicyclic) bond motifs is 1. The number of hydrogen-bond acceptors (Lipinski definition) is 10. The maximum Gasteiger partial charge on any atom is 0.334 e. The van der Waals surface area contributed by atoms with Crippen LogP contribution in [0, 0.1) is 5.92 Å². The Morgan fingerprint density at radius 2 is 1.34 bits per heavy atom. The molecular formula is C43H64N14O8. The lowest BCUT2D eigenvalue weighted by Crippen LogP contribution is -2.60. The van der Waals surface area contributed by atoms with Gasteiger partial charge in [0.25, 0.3) is 5.91 Å². The van der Waals surface area contributed by atoms with Crippen LogP contribution in [0.25, 0.3) is 10.9 Å². The first-order chi connectivity index (χ1) is 30.9. The molecule has 0 aliphatic heterocycles. The van der Waals surface area contributed by atoms with E-state index in [0.717, 1.165) is 16.5 Å². The van der Waals surface area contributed by atoms with Crippen LogP contribution in [0.15, 0.2) is 65.8 Å². The van der Waals surface area contributed by atoms with Gasteiger partial charge in [0.1, 0.15) is 24.2 Å². The van der Waals surface area contributed by atoms with E-state index in [1.54, 1.807) is 50.4 Å². The molecule has 0 bridgehead atoms. The Bertz CT molecular complexity index is 2130. The van der Waals surface area contributed by atoms with Gasteiger partial charge >= 0.3 is 6.03 Å². The van der Waals surface area contributed by atoms with Crippen LogP contribution in [0.3, 0.4) is 0 Å². The molecule has 0 fully saturated rings.